The van der Waals surface area contributed by atoms with Crippen LogP contribution in [0, 0.1) is 0 Å². The highest BCUT2D eigenvalue weighted by Gasteiger charge is 2.16. The van der Waals surface area contributed by atoms with Crippen LogP contribution < -0.4 is 10.1 Å². The number of methoxy groups -OCH3 is 1. The van der Waals surface area contributed by atoms with Crippen molar-refractivity contribution in [3.63, 3.8) is 0 Å². The molecule has 20 heavy (non-hydrogen) atoms. The first-order chi connectivity index (χ1) is 9.74. The van der Waals surface area contributed by atoms with E-state index in [0.29, 0.717) is 5.88 Å². The van der Waals surface area contributed by atoms with Gasteiger partial charge in [-0.15, -0.1) is 11.3 Å². The summed E-state index contributed by atoms with van der Waals surface area (Å²) in [5.74, 6) is 0.601. The van der Waals surface area contributed by atoms with Crippen molar-refractivity contribution in [2.45, 2.75) is 25.8 Å². The molecule has 0 saturated carbocycles. The highest BCUT2D eigenvalue weighted by molar-refractivity contribution is 9.10. The Hall–Kier alpha value is -0.980. The summed E-state index contributed by atoms with van der Waals surface area (Å²) >= 11 is 5.34. The third-order valence-electron chi connectivity index (χ3n) is 2.95. The summed E-state index contributed by atoms with van der Waals surface area (Å²) in [5, 5.41) is 5.64. The first kappa shape index (κ1) is 15.4. The highest BCUT2D eigenvalue weighted by atomic mass is 79.9. The molecule has 6 heteroatoms. The lowest BCUT2D eigenvalue weighted by Gasteiger charge is -2.18. The molecule has 0 radical (unpaired) electrons. The van der Waals surface area contributed by atoms with Crippen LogP contribution in [-0.2, 0) is 6.42 Å². The maximum absolute atomic E-state index is 5.18. The molecule has 1 N–H and O–H groups in total. The quantitative estimate of drug-likeness (QED) is 0.824. The first-order valence-electron chi connectivity index (χ1n) is 6.55. The molecule has 2 heterocycles. The predicted molar refractivity (Wildman–Crippen MR) is 85.3 cm³/mol. The van der Waals surface area contributed by atoms with Crippen molar-refractivity contribution in [3.8, 4) is 5.88 Å². The molecule has 2 rings (SSSR count). The average molecular weight is 356 g/mol. The number of nitrogens with zero attached hydrogens (tertiary/aromatic N) is 2. The molecule has 0 fully saturated rings. The SMILES string of the molecule is CCCNC(Cc1sccc1Br)c1cc(OC)ncn1. The van der Waals surface area contributed by atoms with Crippen LogP contribution in [-0.4, -0.2) is 23.6 Å². The van der Waals surface area contributed by atoms with Gasteiger partial charge >= 0.3 is 0 Å². The van der Waals surface area contributed by atoms with Crippen LogP contribution in [0.1, 0.15) is 30.0 Å². The van der Waals surface area contributed by atoms with E-state index in [0.717, 1.165) is 29.6 Å². The van der Waals surface area contributed by atoms with Crippen molar-refractivity contribution in [3.05, 3.63) is 38.9 Å². The molecule has 0 aromatic carbocycles. The standard InChI is InChI=1S/C14H18BrN3OS/c1-3-5-16-11(7-13-10(15)4-6-20-13)12-8-14(19-2)18-9-17-12/h4,6,8-9,11,16H,3,5,7H2,1-2H3. The predicted octanol–water partition coefficient (Wildman–Crippen LogP) is 3.59. The zero-order valence-corrected chi connectivity index (χ0v) is 14.0. The van der Waals surface area contributed by atoms with Crippen LogP contribution in [0.5, 0.6) is 5.88 Å². The molecule has 2 aromatic rings. The molecular formula is C14H18BrN3OS. The van der Waals surface area contributed by atoms with Gasteiger partial charge < -0.3 is 10.1 Å². The van der Waals surface area contributed by atoms with E-state index in [1.54, 1.807) is 24.8 Å². The Labute approximate surface area is 131 Å². The zero-order chi connectivity index (χ0) is 14.4. The Morgan fingerprint density at radius 3 is 2.95 bits per heavy atom. The van der Waals surface area contributed by atoms with E-state index in [1.807, 2.05) is 6.07 Å². The summed E-state index contributed by atoms with van der Waals surface area (Å²) in [4.78, 5) is 9.77. The van der Waals surface area contributed by atoms with Gasteiger partial charge in [-0.1, -0.05) is 6.92 Å². The second kappa shape index (κ2) is 7.71. The Morgan fingerprint density at radius 1 is 1.45 bits per heavy atom. The summed E-state index contributed by atoms with van der Waals surface area (Å²) in [7, 11) is 1.62. The van der Waals surface area contributed by atoms with Crippen molar-refractivity contribution in [1.82, 2.24) is 15.3 Å². The van der Waals surface area contributed by atoms with Crippen LogP contribution >= 0.6 is 27.3 Å². The van der Waals surface area contributed by atoms with E-state index in [9.17, 15) is 0 Å². The van der Waals surface area contributed by atoms with Crippen LogP contribution in [0.15, 0.2) is 28.3 Å². The number of ether oxygens (including phenoxy) is 1. The van der Waals surface area contributed by atoms with E-state index in [4.69, 9.17) is 4.74 Å². The molecule has 0 spiro atoms. The van der Waals surface area contributed by atoms with Crippen LogP contribution in [0.3, 0.4) is 0 Å². The lowest BCUT2D eigenvalue weighted by Crippen LogP contribution is -2.25. The largest absolute Gasteiger partial charge is 0.481 e. The molecule has 4 nitrogen and oxygen atoms in total. The van der Waals surface area contributed by atoms with Gasteiger partial charge in [0, 0.05) is 21.8 Å². The van der Waals surface area contributed by atoms with Gasteiger partial charge in [-0.2, -0.15) is 0 Å². The molecule has 1 atom stereocenters. The molecule has 0 aliphatic rings. The zero-order valence-electron chi connectivity index (χ0n) is 11.6. The summed E-state index contributed by atoms with van der Waals surface area (Å²) in [6.45, 7) is 3.12. The van der Waals surface area contributed by atoms with Crippen molar-refractivity contribution in [2.75, 3.05) is 13.7 Å². The Balaban J connectivity index is 2.19. The van der Waals surface area contributed by atoms with Gasteiger partial charge in [0.1, 0.15) is 6.33 Å². The van der Waals surface area contributed by atoms with E-state index >= 15 is 0 Å². The fourth-order valence-electron chi connectivity index (χ4n) is 1.91. The molecule has 1 unspecified atom stereocenters. The Kier molecular flexibility index (Phi) is 5.94. The van der Waals surface area contributed by atoms with Gasteiger partial charge in [0.2, 0.25) is 5.88 Å². The lowest BCUT2D eigenvalue weighted by molar-refractivity contribution is 0.393. The fourth-order valence-corrected chi connectivity index (χ4v) is 3.47. The number of halogens is 1. The number of hydrogen-bond donors (Lipinski definition) is 1. The number of nitrogens with one attached hydrogen (secondary N) is 1. The highest BCUT2D eigenvalue weighted by Crippen LogP contribution is 2.28. The normalized spacial score (nSPS) is 12.3. The second-order valence-electron chi connectivity index (χ2n) is 4.39. The van der Waals surface area contributed by atoms with Gasteiger partial charge in [0.25, 0.3) is 0 Å². The number of rotatable bonds is 7. The van der Waals surface area contributed by atoms with E-state index in [1.165, 1.54) is 4.88 Å². The minimum atomic E-state index is 0.168. The summed E-state index contributed by atoms with van der Waals surface area (Å²) in [5.41, 5.74) is 0.964. The topological polar surface area (TPSA) is 47.0 Å². The van der Waals surface area contributed by atoms with Crippen molar-refractivity contribution >= 4 is 27.3 Å². The van der Waals surface area contributed by atoms with Crippen LogP contribution in [0.25, 0.3) is 0 Å². The second-order valence-corrected chi connectivity index (χ2v) is 6.24. The van der Waals surface area contributed by atoms with E-state index in [-0.39, 0.29) is 6.04 Å². The van der Waals surface area contributed by atoms with Gasteiger partial charge in [0.15, 0.2) is 0 Å². The molecule has 0 aliphatic carbocycles. The minimum Gasteiger partial charge on any atom is -0.481 e. The van der Waals surface area contributed by atoms with Crippen LogP contribution in [0.2, 0.25) is 0 Å². The molecule has 0 saturated heterocycles. The van der Waals surface area contributed by atoms with Gasteiger partial charge in [-0.25, -0.2) is 9.97 Å². The van der Waals surface area contributed by atoms with E-state index < -0.39 is 0 Å². The number of thiophene rings is 1. The molecule has 0 bridgehead atoms. The summed E-state index contributed by atoms with van der Waals surface area (Å²) in [6.07, 6.45) is 3.54. The molecule has 108 valence electrons. The monoisotopic (exact) mass is 355 g/mol. The maximum atomic E-state index is 5.18. The summed E-state index contributed by atoms with van der Waals surface area (Å²) < 4.78 is 6.34. The maximum Gasteiger partial charge on any atom is 0.216 e. The third kappa shape index (κ3) is 4.01. The van der Waals surface area contributed by atoms with Gasteiger partial charge in [0.05, 0.1) is 18.8 Å². The number of aromatic nitrogens is 2. The molecular weight excluding hydrogens is 338 g/mol. The summed E-state index contributed by atoms with van der Waals surface area (Å²) in [6, 6.07) is 4.15. The molecule has 2 aromatic heterocycles. The smallest absolute Gasteiger partial charge is 0.216 e. The Morgan fingerprint density at radius 2 is 2.30 bits per heavy atom. The van der Waals surface area contributed by atoms with Crippen molar-refractivity contribution in [1.29, 1.82) is 0 Å². The van der Waals surface area contributed by atoms with Crippen molar-refractivity contribution < 1.29 is 4.74 Å². The van der Waals surface area contributed by atoms with Gasteiger partial charge in [-0.3, -0.25) is 0 Å². The molecule has 0 amide bonds. The molecule has 0 aliphatic heterocycles. The Bertz CT molecular complexity index is 547. The third-order valence-corrected chi connectivity index (χ3v) is 4.90. The minimum absolute atomic E-state index is 0.168. The fraction of sp³-hybridized carbons (Fsp3) is 0.429. The first-order valence-corrected chi connectivity index (χ1v) is 8.23. The number of hydrogen-bond acceptors (Lipinski definition) is 5. The van der Waals surface area contributed by atoms with Crippen molar-refractivity contribution in [2.24, 2.45) is 0 Å². The van der Waals surface area contributed by atoms with Crippen LogP contribution in [0.4, 0.5) is 0 Å². The average Bonchev–Trinajstić information content (AvgIpc) is 2.88. The van der Waals surface area contributed by atoms with E-state index in [2.05, 4.69) is 49.6 Å². The van der Waals surface area contributed by atoms with Gasteiger partial charge in [-0.05, 0) is 40.3 Å². The lowest BCUT2D eigenvalue weighted by atomic mass is 10.1.